The molecule has 0 aliphatic carbocycles. The molecule has 0 saturated heterocycles. The number of aromatic amines is 1. The summed E-state index contributed by atoms with van der Waals surface area (Å²) < 4.78 is 0. The first-order chi connectivity index (χ1) is 40.5. The highest BCUT2D eigenvalue weighted by molar-refractivity contribution is 5.98. The average molecular weight is 1210 g/mol. The van der Waals surface area contributed by atoms with Crippen LogP contribution in [0, 0.1) is 34.0 Å². The molecule has 0 saturated carbocycles. The van der Waals surface area contributed by atoms with Crippen molar-refractivity contribution in [3.05, 3.63) is 48.0 Å². The first-order valence-corrected chi connectivity index (χ1v) is 28.9. The molecule has 0 bridgehead atoms. The first-order valence-electron chi connectivity index (χ1n) is 28.9. The number of amides is 9. The van der Waals surface area contributed by atoms with Crippen molar-refractivity contribution in [1.29, 1.82) is 16.2 Å². The Morgan fingerprint density at radius 2 is 0.907 bits per heavy atom. The van der Waals surface area contributed by atoms with Gasteiger partial charge < -0.3 is 96.8 Å². The Kier molecular flexibility index (Phi) is 32.6. The third-order valence-electron chi connectivity index (χ3n) is 13.7. The van der Waals surface area contributed by atoms with Gasteiger partial charge in [-0.1, -0.05) is 60.1 Å². The number of benzene rings is 1. The van der Waals surface area contributed by atoms with E-state index in [9.17, 15) is 48.3 Å². The van der Waals surface area contributed by atoms with Gasteiger partial charge in [0.15, 0.2) is 17.9 Å². The number of nitrogens with two attached hydrogens (primary N) is 4. The van der Waals surface area contributed by atoms with Crippen LogP contribution in [-0.2, 0) is 56.0 Å². The molecular formula is C55H95N21O10. The number of guanidine groups is 3. The number of primary amides is 1. The zero-order valence-electron chi connectivity index (χ0n) is 50.7. The van der Waals surface area contributed by atoms with Crippen molar-refractivity contribution in [3.8, 4) is 5.75 Å². The molecule has 2 rings (SSSR count). The number of imidazole rings is 1. The van der Waals surface area contributed by atoms with E-state index >= 15 is 0 Å². The van der Waals surface area contributed by atoms with E-state index in [-0.39, 0.29) is 125 Å². The van der Waals surface area contributed by atoms with Crippen molar-refractivity contribution < 1.29 is 48.3 Å². The van der Waals surface area contributed by atoms with Crippen LogP contribution in [0.15, 0.2) is 36.8 Å². The summed E-state index contributed by atoms with van der Waals surface area (Å²) in [5, 5.41) is 65.1. The maximum Gasteiger partial charge on any atom is 0.243 e. The molecular weight excluding hydrogens is 1110 g/mol. The van der Waals surface area contributed by atoms with Crippen molar-refractivity contribution in [1.82, 2.24) is 73.8 Å². The highest BCUT2D eigenvalue weighted by atomic mass is 16.3. The molecule has 9 amide bonds. The molecule has 2 aromatic rings. The van der Waals surface area contributed by atoms with Crippen LogP contribution >= 0.6 is 0 Å². The lowest BCUT2D eigenvalue weighted by Gasteiger charge is -2.29. The van der Waals surface area contributed by atoms with Crippen molar-refractivity contribution in [2.75, 3.05) is 26.7 Å². The highest BCUT2D eigenvalue weighted by Crippen LogP contribution is 2.15. The molecule has 86 heavy (non-hydrogen) atoms. The molecule has 0 unspecified atom stereocenters. The normalized spacial score (nSPS) is 14.6. The maximum atomic E-state index is 14.6. The SMILES string of the molecule is CC[C@H](C)[C@H](NC(=O)[C@H](C)NC(=O)[C@H](CC(C)C)NC(=O)[C@H](CC(C)C)NC(=O)[C@H](CCCNC(=N)N)NC(=O)[C@H](CCCNC(=N)N)NC(=O)[C@H](Cc1c[nH]cn1)NC(=O)[C@H](CCCNC(=N)N)NC(=O)[C@H](Cc1ccc(O)cc1)NC)C(N)=O. The van der Waals surface area contributed by atoms with Gasteiger partial charge in [-0.2, -0.15) is 0 Å². The van der Waals surface area contributed by atoms with E-state index in [0.717, 1.165) is 0 Å². The summed E-state index contributed by atoms with van der Waals surface area (Å²) in [6, 6.07) is -4.77. The number of nitrogens with zero attached hydrogens (tertiary/aromatic N) is 1. The molecule has 1 aromatic heterocycles. The lowest BCUT2D eigenvalue weighted by Crippen LogP contribution is -2.61. The van der Waals surface area contributed by atoms with Crippen molar-refractivity contribution >= 4 is 71.0 Å². The highest BCUT2D eigenvalue weighted by Gasteiger charge is 2.36. The second-order valence-corrected chi connectivity index (χ2v) is 22.1. The van der Waals surface area contributed by atoms with Gasteiger partial charge in [0.1, 0.15) is 54.1 Å². The number of rotatable bonds is 40. The first kappa shape index (κ1) is 73.3. The minimum absolute atomic E-state index is 0.0105. The van der Waals surface area contributed by atoms with Gasteiger partial charge in [0.2, 0.25) is 53.2 Å². The number of aromatic hydroxyl groups is 1. The van der Waals surface area contributed by atoms with E-state index in [1.54, 1.807) is 40.0 Å². The summed E-state index contributed by atoms with van der Waals surface area (Å²) in [5.41, 5.74) is 23.1. The van der Waals surface area contributed by atoms with E-state index in [1.807, 2.05) is 20.8 Å². The van der Waals surface area contributed by atoms with Gasteiger partial charge in [-0.25, -0.2) is 4.98 Å². The van der Waals surface area contributed by atoms with Crippen LogP contribution in [0.4, 0.5) is 0 Å². The third kappa shape index (κ3) is 28.2. The fourth-order valence-electron chi connectivity index (χ4n) is 8.84. The summed E-state index contributed by atoms with van der Waals surface area (Å²) in [4.78, 5) is 133. The quantitative estimate of drug-likeness (QED) is 0.0177. The zero-order valence-corrected chi connectivity index (χ0v) is 50.7. The molecule has 0 aliphatic heterocycles. The van der Waals surface area contributed by atoms with Crippen LogP contribution in [0.3, 0.4) is 0 Å². The Morgan fingerprint density at radius 3 is 1.28 bits per heavy atom. The number of carbonyl (C=O) groups excluding carboxylic acids is 9. The molecule has 0 radical (unpaired) electrons. The minimum atomic E-state index is -1.44. The molecule has 10 atom stereocenters. The molecule has 31 nitrogen and oxygen atoms in total. The number of H-pyrrole nitrogens is 1. The number of aromatic nitrogens is 2. The van der Waals surface area contributed by atoms with Crippen LogP contribution in [0.2, 0.25) is 0 Å². The molecule has 1 heterocycles. The van der Waals surface area contributed by atoms with Gasteiger partial charge in [0, 0.05) is 32.3 Å². The standard InChI is InChI=1S/C55H95N21O10/c1-9-31(6)43(44(56)78)76-45(79)32(7)69-50(84)40(23-29(2)3)74-51(85)41(24-30(4)5)73-47(81)37(14-11-21-66-54(59)60)70-46(80)36(13-10-20-65-53(57)58)72-52(86)42(26-34-27-64-28-68-34)75-48(82)38(15-12-22-67-55(61)62)71-49(83)39(63-8)25-33-16-18-35(77)19-17-33/h16-19,27-32,36-43,63,77H,9-15,20-26H2,1-8H3,(H2,56,78)(H,64,68)(H,69,84)(H,70,80)(H,71,83)(H,72,86)(H,73,81)(H,74,85)(H,75,82)(H,76,79)(H4,57,58,65)(H4,59,60,66)(H4,61,62,67)/t31-,32-,36-,37-,38-,39-,40-,41-,42-,43-/m0/s1. The van der Waals surface area contributed by atoms with Gasteiger partial charge in [-0.3, -0.25) is 59.4 Å². The molecule has 0 aliphatic rings. The summed E-state index contributed by atoms with van der Waals surface area (Å²) in [6.45, 7) is 12.6. The lowest BCUT2D eigenvalue weighted by molar-refractivity contribution is -0.136. The number of phenols is 1. The van der Waals surface area contributed by atoms with Crippen LogP contribution < -0.4 is 86.7 Å². The van der Waals surface area contributed by atoms with E-state index in [1.165, 1.54) is 31.6 Å². The number of hydrogen-bond donors (Lipinski definition) is 21. The van der Waals surface area contributed by atoms with Crippen molar-refractivity contribution in [2.24, 2.45) is 40.7 Å². The van der Waals surface area contributed by atoms with Gasteiger partial charge >= 0.3 is 0 Å². The Morgan fingerprint density at radius 1 is 0.523 bits per heavy atom. The van der Waals surface area contributed by atoms with Crippen LogP contribution in [0.1, 0.15) is 118 Å². The van der Waals surface area contributed by atoms with Gasteiger partial charge in [-0.05, 0) is 107 Å². The van der Waals surface area contributed by atoms with Crippen LogP contribution in [0.25, 0.3) is 0 Å². The summed E-state index contributed by atoms with van der Waals surface area (Å²) in [5.74, 6) is -8.46. The predicted octanol–water partition coefficient (Wildman–Crippen LogP) is -3.20. The molecule has 1 aromatic carbocycles. The second kappa shape index (κ2) is 38.2. The third-order valence-corrected chi connectivity index (χ3v) is 13.7. The Balaban J connectivity index is 2.54. The topological polar surface area (TPSA) is 523 Å². The van der Waals surface area contributed by atoms with E-state index in [0.29, 0.717) is 17.7 Å². The van der Waals surface area contributed by atoms with Gasteiger partial charge in [-0.15, -0.1) is 0 Å². The lowest BCUT2D eigenvalue weighted by atomic mass is 9.98. The number of carbonyl (C=O) groups is 9. The average Bonchev–Trinajstić information content (AvgIpc) is 3.55. The van der Waals surface area contributed by atoms with Gasteiger partial charge in [0.05, 0.1) is 18.1 Å². The van der Waals surface area contributed by atoms with Gasteiger partial charge in [0.25, 0.3) is 0 Å². The number of likely N-dealkylation sites (N-methyl/N-ethyl adjacent to an activating group) is 1. The number of hydrogen-bond acceptors (Lipinski definition) is 15. The Hall–Kier alpha value is -8.77. The monoisotopic (exact) mass is 1210 g/mol. The summed E-state index contributed by atoms with van der Waals surface area (Å²) in [7, 11) is 1.56. The van der Waals surface area contributed by atoms with E-state index in [2.05, 4.69) is 73.8 Å². The Labute approximate surface area is 502 Å². The van der Waals surface area contributed by atoms with E-state index < -0.39 is 108 Å². The second-order valence-electron chi connectivity index (χ2n) is 22.1. The predicted molar refractivity (Wildman–Crippen MR) is 323 cm³/mol. The minimum Gasteiger partial charge on any atom is -0.508 e. The number of phenolic OH excluding ortho intramolecular Hbond substituents is 1. The number of nitrogens with one attached hydrogen (secondary N) is 16. The fraction of sp³-hybridized carbons (Fsp3) is 0.618. The largest absolute Gasteiger partial charge is 0.508 e. The molecule has 0 fully saturated rings. The molecule has 480 valence electrons. The van der Waals surface area contributed by atoms with E-state index in [4.69, 9.17) is 39.2 Å². The smallest absolute Gasteiger partial charge is 0.243 e. The molecule has 0 spiro atoms. The fourth-order valence-corrected chi connectivity index (χ4v) is 8.84. The van der Waals surface area contributed by atoms with Crippen LogP contribution in [0.5, 0.6) is 5.75 Å². The Bertz CT molecular complexity index is 2550. The van der Waals surface area contributed by atoms with Crippen LogP contribution in [-0.4, -0.2) is 167 Å². The maximum absolute atomic E-state index is 14.6. The summed E-state index contributed by atoms with van der Waals surface area (Å²) in [6.07, 6.45) is 3.82. The van der Waals surface area contributed by atoms with Crippen molar-refractivity contribution in [2.45, 2.75) is 173 Å². The zero-order chi connectivity index (χ0) is 64.6. The van der Waals surface area contributed by atoms with Crippen molar-refractivity contribution in [3.63, 3.8) is 0 Å². The molecule has 31 heteroatoms. The summed E-state index contributed by atoms with van der Waals surface area (Å²) >= 11 is 0. The molecule has 25 N–H and O–H groups in total.